The summed E-state index contributed by atoms with van der Waals surface area (Å²) in [5.41, 5.74) is 6.16. The van der Waals surface area contributed by atoms with Crippen molar-refractivity contribution in [2.75, 3.05) is 5.32 Å². The summed E-state index contributed by atoms with van der Waals surface area (Å²) >= 11 is 1.52. The molecule has 5 heteroatoms. The third-order valence-electron chi connectivity index (χ3n) is 2.90. The van der Waals surface area contributed by atoms with Crippen molar-refractivity contribution < 1.29 is 0 Å². The maximum absolute atomic E-state index is 4.29. The molecule has 0 amide bonds. The van der Waals surface area contributed by atoms with Crippen LogP contribution >= 0.6 is 11.3 Å². The SMILES string of the molecule is Cc1ccc(Nc2ncnc3scnc23)cc1C. The zero-order valence-corrected chi connectivity index (χ0v) is 11.0. The molecule has 0 radical (unpaired) electrons. The number of aryl methyl sites for hydroxylation is 2. The third-order valence-corrected chi connectivity index (χ3v) is 3.64. The van der Waals surface area contributed by atoms with Gasteiger partial charge in [-0.25, -0.2) is 15.0 Å². The van der Waals surface area contributed by atoms with E-state index in [1.165, 1.54) is 22.5 Å². The molecule has 4 nitrogen and oxygen atoms in total. The number of benzene rings is 1. The topological polar surface area (TPSA) is 50.7 Å². The summed E-state index contributed by atoms with van der Waals surface area (Å²) in [4.78, 5) is 13.6. The van der Waals surface area contributed by atoms with Gasteiger partial charge in [0.1, 0.15) is 16.7 Å². The Kier molecular flexibility index (Phi) is 2.68. The lowest BCUT2D eigenvalue weighted by Crippen LogP contribution is -1.96. The Morgan fingerprint density at radius 2 is 1.94 bits per heavy atom. The van der Waals surface area contributed by atoms with Crippen molar-refractivity contribution in [2.24, 2.45) is 0 Å². The van der Waals surface area contributed by atoms with Gasteiger partial charge >= 0.3 is 0 Å². The van der Waals surface area contributed by atoms with E-state index in [4.69, 9.17) is 0 Å². The lowest BCUT2D eigenvalue weighted by atomic mass is 10.1. The standard InChI is InChI=1S/C13H12N4S/c1-8-3-4-10(5-9(8)2)17-12-11-13(15-6-14-12)18-7-16-11/h3-7H,1-2H3,(H,14,15,17). The van der Waals surface area contributed by atoms with Gasteiger partial charge in [-0.15, -0.1) is 11.3 Å². The minimum atomic E-state index is 0.754. The minimum Gasteiger partial charge on any atom is -0.338 e. The van der Waals surface area contributed by atoms with E-state index in [2.05, 4.69) is 46.2 Å². The van der Waals surface area contributed by atoms with Gasteiger partial charge in [0, 0.05) is 5.69 Å². The van der Waals surface area contributed by atoms with Crippen molar-refractivity contribution in [1.29, 1.82) is 0 Å². The predicted octanol–water partition coefficient (Wildman–Crippen LogP) is 3.45. The molecular weight excluding hydrogens is 244 g/mol. The van der Waals surface area contributed by atoms with Crippen LogP contribution in [0.15, 0.2) is 30.0 Å². The molecule has 0 bridgehead atoms. The normalized spacial score (nSPS) is 10.8. The maximum Gasteiger partial charge on any atom is 0.161 e. The second-order valence-electron chi connectivity index (χ2n) is 4.15. The van der Waals surface area contributed by atoms with E-state index in [-0.39, 0.29) is 0 Å². The van der Waals surface area contributed by atoms with Gasteiger partial charge in [0.2, 0.25) is 0 Å². The Balaban J connectivity index is 2.01. The third kappa shape index (κ3) is 1.93. The molecule has 3 rings (SSSR count). The molecular formula is C13H12N4S. The number of fused-ring (bicyclic) bond motifs is 1. The smallest absolute Gasteiger partial charge is 0.161 e. The van der Waals surface area contributed by atoms with Gasteiger partial charge < -0.3 is 5.32 Å². The number of rotatable bonds is 2. The van der Waals surface area contributed by atoms with Crippen LogP contribution in [0, 0.1) is 13.8 Å². The summed E-state index contributed by atoms with van der Waals surface area (Å²) in [6.45, 7) is 4.20. The highest BCUT2D eigenvalue weighted by atomic mass is 32.1. The molecule has 0 aliphatic heterocycles. The molecule has 0 saturated carbocycles. The van der Waals surface area contributed by atoms with Crippen LogP contribution in [0.2, 0.25) is 0 Å². The highest BCUT2D eigenvalue weighted by molar-refractivity contribution is 7.16. The van der Waals surface area contributed by atoms with E-state index in [1.807, 2.05) is 6.07 Å². The first-order valence-electron chi connectivity index (χ1n) is 5.62. The van der Waals surface area contributed by atoms with Crippen molar-refractivity contribution in [3.63, 3.8) is 0 Å². The lowest BCUT2D eigenvalue weighted by Gasteiger charge is -2.08. The van der Waals surface area contributed by atoms with Crippen LogP contribution in [-0.2, 0) is 0 Å². The molecule has 0 fully saturated rings. The van der Waals surface area contributed by atoms with Crippen molar-refractivity contribution >= 4 is 33.2 Å². The van der Waals surface area contributed by atoms with Gasteiger partial charge in [-0.3, -0.25) is 0 Å². The van der Waals surface area contributed by atoms with Gasteiger partial charge in [-0.05, 0) is 37.1 Å². The molecule has 0 spiro atoms. The molecule has 18 heavy (non-hydrogen) atoms. The largest absolute Gasteiger partial charge is 0.338 e. The summed E-state index contributed by atoms with van der Waals surface area (Å²) in [6, 6.07) is 6.25. The van der Waals surface area contributed by atoms with Crippen molar-refractivity contribution in [3.05, 3.63) is 41.2 Å². The Labute approximate surface area is 109 Å². The van der Waals surface area contributed by atoms with Gasteiger partial charge in [-0.2, -0.15) is 0 Å². The monoisotopic (exact) mass is 256 g/mol. The van der Waals surface area contributed by atoms with Crippen LogP contribution < -0.4 is 5.32 Å². The molecule has 1 N–H and O–H groups in total. The summed E-state index contributed by atoms with van der Waals surface area (Å²) < 4.78 is 0. The molecule has 0 atom stereocenters. The first-order chi connectivity index (χ1) is 8.74. The first kappa shape index (κ1) is 11.1. The fraction of sp³-hybridized carbons (Fsp3) is 0.154. The Morgan fingerprint density at radius 3 is 2.78 bits per heavy atom. The second-order valence-corrected chi connectivity index (χ2v) is 4.99. The molecule has 3 aromatic rings. The number of aromatic nitrogens is 3. The second kappa shape index (κ2) is 4.34. The highest BCUT2D eigenvalue weighted by Gasteiger charge is 2.06. The van der Waals surface area contributed by atoms with Gasteiger partial charge in [0.15, 0.2) is 5.82 Å². The van der Waals surface area contributed by atoms with Gasteiger partial charge in [-0.1, -0.05) is 6.07 Å². The van der Waals surface area contributed by atoms with E-state index >= 15 is 0 Å². The average Bonchev–Trinajstić information content (AvgIpc) is 2.83. The molecule has 1 aromatic carbocycles. The van der Waals surface area contributed by atoms with Crippen LogP contribution in [-0.4, -0.2) is 15.0 Å². The van der Waals surface area contributed by atoms with E-state index in [9.17, 15) is 0 Å². The Hall–Kier alpha value is -2.01. The number of anilines is 2. The quantitative estimate of drug-likeness (QED) is 0.763. The van der Waals surface area contributed by atoms with Crippen LogP contribution in [0.25, 0.3) is 10.3 Å². The average molecular weight is 256 g/mol. The Bertz CT molecular complexity index is 705. The van der Waals surface area contributed by atoms with Crippen LogP contribution in [0.4, 0.5) is 11.5 Å². The summed E-state index contributed by atoms with van der Waals surface area (Å²) in [7, 11) is 0. The fourth-order valence-electron chi connectivity index (χ4n) is 1.74. The number of hydrogen-bond acceptors (Lipinski definition) is 5. The molecule has 2 aromatic heterocycles. The van der Waals surface area contributed by atoms with Crippen molar-refractivity contribution in [2.45, 2.75) is 13.8 Å². The maximum atomic E-state index is 4.29. The predicted molar refractivity (Wildman–Crippen MR) is 74.4 cm³/mol. The zero-order chi connectivity index (χ0) is 12.5. The van der Waals surface area contributed by atoms with Gasteiger partial charge in [0.25, 0.3) is 0 Å². The molecule has 90 valence electrons. The number of hydrogen-bond donors (Lipinski definition) is 1. The van der Waals surface area contributed by atoms with E-state index in [0.29, 0.717) is 0 Å². The van der Waals surface area contributed by atoms with E-state index < -0.39 is 0 Å². The van der Waals surface area contributed by atoms with E-state index in [1.54, 1.807) is 11.8 Å². The zero-order valence-electron chi connectivity index (χ0n) is 10.1. The fourth-order valence-corrected chi connectivity index (χ4v) is 2.37. The van der Waals surface area contributed by atoms with E-state index in [0.717, 1.165) is 21.9 Å². The molecule has 0 unspecified atom stereocenters. The number of nitrogens with zero attached hydrogens (tertiary/aromatic N) is 3. The minimum absolute atomic E-state index is 0.754. The first-order valence-corrected chi connectivity index (χ1v) is 6.50. The van der Waals surface area contributed by atoms with Crippen LogP contribution in [0.1, 0.15) is 11.1 Å². The molecule has 0 aliphatic carbocycles. The van der Waals surface area contributed by atoms with Crippen molar-refractivity contribution in [1.82, 2.24) is 15.0 Å². The Morgan fingerprint density at radius 1 is 1.06 bits per heavy atom. The number of thiazole rings is 1. The molecule has 0 aliphatic rings. The summed E-state index contributed by atoms with van der Waals surface area (Å²) in [5.74, 6) is 0.754. The number of nitrogens with one attached hydrogen (secondary N) is 1. The lowest BCUT2D eigenvalue weighted by molar-refractivity contribution is 1.21. The summed E-state index contributed by atoms with van der Waals surface area (Å²) in [6.07, 6.45) is 1.56. The van der Waals surface area contributed by atoms with Crippen LogP contribution in [0.3, 0.4) is 0 Å². The highest BCUT2D eigenvalue weighted by Crippen LogP contribution is 2.24. The molecule has 0 saturated heterocycles. The van der Waals surface area contributed by atoms with Gasteiger partial charge in [0.05, 0.1) is 5.51 Å². The summed E-state index contributed by atoms with van der Waals surface area (Å²) in [5, 5.41) is 3.29. The van der Waals surface area contributed by atoms with Crippen molar-refractivity contribution in [3.8, 4) is 0 Å². The molecule has 2 heterocycles. The van der Waals surface area contributed by atoms with Crippen LogP contribution in [0.5, 0.6) is 0 Å².